The lowest BCUT2D eigenvalue weighted by Crippen LogP contribution is -2.31. The Labute approximate surface area is 172 Å². The van der Waals surface area contributed by atoms with Gasteiger partial charge in [0.05, 0.1) is 34.4 Å². The number of carbonyl (C=O) groups excluding carboxylic acids is 3. The van der Waals surface area contributed by atoms with Crippen molar-refractivity contribution in [1.82, 2.24) is 4.90 Å². The van der Waals surface area contributed by atoms with E-state index in [1.165, 1.54) is 12.1 Å². The molecule has 0 aliphatic carbocycles. The lowest BCUT2D eigenvalue weighted by molar-refractivity contribution is -0.134. The highest BCUT2D eigenvalue weighted by atomic mass is 35.5. The van der Waals surface area contributed by atoms with E-state index < -0.39 is 5.97 Å². The summed E-state index contributed by atoms with van der Waals surface area (Å²) in [6, 6.07) is 11.4. The molecule has 0 N–H and O–H groups in total. The maximum atomic E-state index is 12.3. The Hall–Kier alpha value is -3.37. The second-order valence-corrected chi connectivity index (χ2v) is 6.62. The van der Waals surface area contributed by atoms with Crippen molar-refractivity contribution >= 4 is 29.4 Å². The molecular formula is C21H17ClN2O5. The topological polar surface area (TPSA) is 96.7 Å². The van der Waals surface area contributed by atoms with Crippen molar-refractivity contribution in [3.8, 4) is 17.6 Å². The lowest BCUT2D eigenvalue weighted by atomic mass is 10.1. The number of fused-ring (bicyclic) bond motifs is 1. The van der Waals surface area contributed by atoms with Crippen molar-refractivity contribution in [1.29, 1.82) is 5.26 Å². The van der Waals surface area contributed by atoms with Crippen molar-refractivity contribution in [3.05, 3.63) is 58.1 Å². The first kappa shape index (κ1) is 20.4. The Morgan fingerprint density at radius 1 is 1.17 bits per heavy atom. The van der Waals surface area contributed by atoms with Crippen LogP contribution in [0.5, 0.6) is 11.5 Å². The standard InChI is InChI=1S/C21H17ClN2O5/c1-2-28-17-11-13(12-23)10-16(22)19(17)29-18(25)8-5-9-24-20(26)14-6-3-4-7-15(14)21(24)27/h3-4,6-7,10-11H,2,5,8-9H2,1H3. The van der Waals surface area contributed by atoms with Gasteiger partial charge >= 0.3 is 5.97 Å². The molecule has 0 saturated carbocycles. The van der Waals surface area contributed by atoms with Crippen LogP contribution in [-0.4, -0.2) is 35.8 Å². The number of hydrogen-bond acceptors (Lipinski definition) is 6. The van der Waals surface area contributed by atoms with Gasteiger partial charge in [0, 0.05) is 19.0 Å². The molecule has 0 fully saturated rings. The minimum absolute atomic E-state index is 0.0324. The average Bonchev–Trinajstić information content (AvgIpc) is 2.95. The second kappa shape index (κ2) is 8.76. The first-order valence-electron chi connectivity index (χ1n) is 8.98. The van der Waals surface area contributed by atoms with E-state index in [0.29, 0.717) is 17.7 Å². The first-order chi connectivity index (χ1) is 14.0. The Kier molecular flexibility index (Phi) is 6.15. The molecule has 8 heteroatoms. The number of hydrogen-bond donors (Lipinski definition) is 0. The van der Waals surface area contributed by atoms with Crippen LogP contribution in [0.2, 0.25) is 5.02 Å². The zero-order valence-electron chi connectivity index (χ0n) is 15.6. The summed E-state index contributed by atoms with van der Waals surface area (Å²) in [4.78, 5) is 38.0. The Bertz CT molecular complexity index is 993. The van der Waals surface area contributed by atoms with Gasteiger partial charge < -0.3 is 9.47 Å². The van der Waals surface area contributed by atoms with Gasteiger partial charge in [-0.05, 0) is 31.5 Å². The molecule has 0 radical (unpaired) electrons. The first-order valence-corrected chi connectivity index (χ1v) is 9.36. The molecule has 2 aromatic rings. The summed E-state index contributed by atoms with van der Waals surface area (Å²) in [5.74, 6) is -1.09. The van der Waals surface area contributed by atoms with Gasteiger partial charge in [0.2, 0.25) is 0 Å². The smallest absolute Gasteiger partial charge is 0.311 e. The number of ether oxygens (including phenoxy) is 2. The van der Waals surface area contributed by atoms with E-state index in [1.54, 1.807) is 31.2 Å². The van der Waals surface area contributed by atoms with Crippen molar-refractivity contribution in [2.45, 2.75) is 19.8 Å². The van der Waals surface area contributed by atoms with Crippen molar-refractivity contribution in [2.24, 2.45) is 0 Å². The number of imide groups is 1. The molecular weight excluding hydrogens is 396 g/mol. The van der Waals surface area contributed by atoms with Crippen LogP contribution < -0.4 is 9.47 Å². The Morgan fingerprint density at radius 3 is 2.41 bits per heavy atom. The fourth-order valence-electron chi connectivity index (χ4n) is 2.98. The van der Waals surface area contributed by atoms with Crippen LogP contribution in [0.1, 0.15) is 46.0 Å². The highest BCUT2D eigenvalue weighted by Gasteiger charge is 2.34. The van der Waals surface area contributed by atoms with Gasteiger partial charge in [-0.1, -0.05) is 23.7 Å². The summed E-state index contributed by atoms with van der Waals surface area (Å²) in [5.41, 5.74) is 1.01. The maximum Gasteiger partial charge on any atom is 0.311 e. The van der Waals surface area contributed by atoms with Crippen LogP contribution in [0.4, 0.5) is 0 Å². The van der Waals surface area contributed by atoms with Crippen molar-refractivity contribution < 1.29 is 23.9 Å². The second-order valence-electron chi connectivity index (χ2n) is 6.22. The van der Waals surface area contributed by atoms with Gasteiger partial charge in [-0.2, -0.15) is 5.26 Å². The van der Waals surface area contributed by atoms with Crippen LogP contribution in [0.15, 0.2) is 36.4 Å². The molecule has 1 aliphatic rings. The van der Waals surface area contributed by atoms with Crippen molar-refractivity contribution in [2.75, 3.05) is 13.2 Å². The molecule has 29 heavy (non-hydrogen) atoms. The fraction of sp³-hybridized carbons (Fsp3) is 0.238. The molecule has 0 unspecified atom stereocenters. The zero-order valence-corrected chi connectivity index (χ0v) is 16.4. The summed E-state index contributed by atoms with van der Waals surface area (Å²) >= 11 is 6.11. The minimum Gasteiger partial charge on any atom is -0.490 e. The molecule has 7 nitrogen and oxygen atoms in total. The van der Waals surface area contributed by atoms with Gasteiger partial charge in [0.15, 0.2) is 11.5 Å². The predicted octanol–water partition coefficient (Wildman–Crippen LogP) is 3.59. The molecule has 2 aromatic carbocycles. The quantitative estimate of drug-likeness (QED) is 0.391. The molecule has 0 atom stereocenters. The SMILES string of the molecule is CCOc1cc(C#N)cc(Cl)c1OC(=O)CCCN1C(=O)c2ccccc2C1=O. The average molecular weight is 413 g/mol. The largest absolute Gasteiger partial charge is 0.490 e. The van der Waals surface area contributed by atoms with Gasteiger partial charge in [0.1, 0.15) is 0 Å². The molecule has 148 valence electrons. The third-order valence-corrected chi connectivity index (χ3v) is 4.58. The van der Waals surface area contributed by atoms with Gasteiger partial charge in [0.25, 0.3) is 11.8 Å². The third kappa shape index (κ3) is 4.23. The highest BCUT2D eigenvalue weighted by molar-refractivity contribution is 6.32. The normalized spacial score (nSPS) is 12.5. The van der Waals surface area contributed by atoms with Gasteiger partial charge in [-0.25, -0.2) is 0 Å². The van der Waals surface area contributed by atoms with E-state index in [2.05, 4.69) is 0 Å². The van der Waals surface area contributed by atoms with E-state index in [4.69, 9.17) is 26.3 Å². The van der Waals surface area contributed by atoms with E-state index in [9.17, 15) is 14.4 Å². The van der Waals surface area contributed by atoms with Crippen LogP contribution in [0.3, 0.4) is 0 Å². The summed E-state index contributed by atoms with van der Waals surface area (Å²) in [5, 5.41) is 9.11. The number of esters is 1. The molecule has 0 saturated heterocycles. The number of nitrogens with zero attached hydrogens (tertiary/aromatic N) is 2. The number of nitriles is 1. The molecule has 0 aromatic heterocycles. The summed E-state index contributed by atoms with van der Waals surface area (Å²) in [6.07, 6.45) is 0.206. The monoisotopic (exact) mass is 412 g/mol. The highest BCUT2D eigenvalue weighted by Crippen LogP contribution is 2.37. The number of amides is 2. The van der Waals surface area contributed by atoms with Crippen molar-refractivity contribution in [3.63, 3.8) is 0 Å². The third-order valence-electron chi connectivity index (χ3n) is 4.30. The van der Waals surface area contributed by atoms with Gasteiger partial charge in [-0.15, -0.1) is 0 Å². The summed E-state index contributed by atoms with van der Waals surface area (Å²) in [6.45, 7) is 2.15. The number of rotatable bonds is 7. The fourth-order valence-corrected chi connectivity index (χ4v) is 3.23. The summed E-state index contributed by atoms with van der Waals surface area (Å²) < 4.78 is 10.7. The number of benzene rings is 2. The van der Waals surface area contributed by atoms with E-state index in [1.807, 2.05) is 6.07 Å². The van der Waals surface area contributed by atoms with Crippen LogP contribution in [0, 0.1) is 11.3 Å². The number of halogens is 1. The van der Waals surface area contributed by atoms with Gasteiger partial charge in [-0.3, -0.25) is 19.3 Å². The maximum absolute atomic E-state index is 12.3. The Balaban J connectivity index is 1.61. The molecule has 0 bridgehead atoms. The number of carbonyl (C=O) groups is 3. The predicted molar refractivity (Wildman–Crippen MR) is 104 cm³/mol. The van der Waals surface area contributed by atoms with Crippen LogP contribution in [-0.2, 0) is 4.79 Å². The van der Waals surface area contributed by atoms with Crippen LogP contribution in [0.25, 0.3) is 0 Å². The molecule has 3 rings (SSSR count). The van der Waals surface area contributed by atoms with E-state index >= 15 is 0 Å². The van der Waals surface area contributed by atoms with E-state index in [-0.39, 0.29) is 53.3 Å². The van der Waals surface area contributed by atoms with Crippen LogP contribution >= 0.6 is 11.6 Å². The van der Waals surface area contributed by atoms with E-state index in [0.717, 1.165) is 4.90 Å². The molecule has 2 amide bonds. The molecule has 1 heterocycles. The Morgan fingerprint density at radius 2 is 1.83 bits per heavy atom. The lowest BCUT2D eigenvalue weighted by Gasteiger charge is -2.14. The zero-order chi connectivity index (χ0) is 21.0. The summed E-state index contributed by atoms with van der Waals surface area (Å²) in [7, 11) is 0. The minimum atomic E-state index is -0.589. The molecule has 0 spiro atoms. The molecule has 1 aliphatic heterocycles.